The van der Waals surface area contributed by atoms with Gasteiger partial charge in [-0.3, -0.25) is 4.79 Å². The van der Waals surface area contributed by atoms with E-state index in [4.69, 9.17) is 0 Å². The van der Waals surface area contributed by atoms with Gasteiger partial charge in [-0.1, -0.05) is 12.1 Å². The number of benzene rings is 1. The Balaban J connectivity index is 1.42. The Labute approximate surface area is 143 Å². The lowest BCUT2D eigenvalue weighted by molar-refractivity contribution is 0.0952. The maximum absolute atomic E-state index is 12.3. The fourth-order valence-electron chi connectivity index (χ4n) is 2.59. The van der Waals surface area contributed by atoms with E-state index in [-0.39, 0.29) is 5.91 Å². The molecule has 0 atom stereocenters. The molecule has 25 heavy (non-hydrogen) atoms. The third-order valence-electron chi connectivity index (χ3n) is 3.83. The molecule has 0 spiro atoms. The van der Waals surface area contributed by atoms with Gasteiger partial charge in [0.1, 0.15) is 12.7 Å². The topological polar surface area (TPSA) is 90.5 Å². The number of nitrogens with zero attached hydrogens (tertiary/aromatic N) is 6. The molecular weight excluding hydrogens is 318 g/mol. The number of aromatic nitrogens is 6. The van der Waals surface area contributed by atoms with Crippen LogP contribution in [0.5, 0.6) is 0 Å². The second-order valence-corrected chi connectivity index (χ2v) is 5.43. The van der Waals surface area contributed by atoms with E-state index in [2.05, 4.69) is 25.4 Å². The number of para-hydroxylation sites is 2. The van der Waals surface area contributed by atoms with Gasteiger partial charge in [-0.2, -0.15) is 5.10 Å². The molecule has 1 amide bonds. The first-order chi connectivity index (χ1) is 12.3. The Morgan fingerprint density at radius 2 is 2.04 bits per heavy atom. The van der Waals surface area contributed by atoms with Gasteiger partial charge in [0, 0.05) is 24.8 Å². The van der Waals surface area contributed by atoms with Crippen LogP contribution in [-0.4, -0.2) is 41.8 Å². The number of amides is 1. The molecule has 4 aromatic rings. The first-order valence-corrected chi connectivity index (χ1v) is 7.80. The number of carbonyl (C=O) groups is 1. The summed E-state index contributed by atoms with van der Waals surface area (Å²) in [6.45, 7) is 1.15. The van der Waals surface area contributed by atoms with E-state index in [0.717, 1.165) is 11.0 Å². The van der Waals surface area contributed by atoms with Crippen LogP contribution in [0, 0.1) is 0 Å². The molecule has 1 aromatic carbocycles. The molecule has 0 bridgehead atoms. The summed E-state index contributed by atoms with van der Waals surface area (Å²) in [5.41, 5.74) is 2.52. The van der Waals surface area contributed by atoms with Crippen LogP contribution in [0.2, 0.25) is 0 Å². The van der Waals surface area contributed by atoms with Gasteiger partial charge in [-0.05, 0) is 24.3 Å². The summed E-state index contributed by atoms with van der Waals surface area (Å²) in [5.74, 6) is 0.388. The molecule has 0 aliphatic heterocycles. The van der Waals surface area contributed by atoms with E-state index in [9.17, 15) is 4.79 Å². The number of hydrogen-bond acceptors (Lipinski definition) is 5. The average Bonchev–Trinajstić information content (AvgIpc) is 3.32. The SMILES string of the molecule is O=C(NCCn1cnc2ccccc21)c1ccnc(-n2cncn2)c1. The molecule has 124 valence electrons. The van der Waals surface area contributed by atoms with Gasteiger partial charge in [0.15, 0.2) is 5.82 Å². The molecule has 0 saturated carbocycles. The van der Waals surface area contributed by atoms with Gasteiger partial charge in [-0.25, -0.2) is 19.6 Å². The van der Waals surface area contributed by atoms with Gasteiger partial charge < -0.3 is 9.88 Å². The fraction of sp³-hybridized carbons (Fsp3) is 0.118. The molecule has 3 heterocycles. The molecular formula is C17H15N7O. The zero-order valence-corrected chi connectivity index (χ0v) is 13.3. The Kier molecular flexibility index (Phi) is 3.91. The predicted octanol–water partition coefficient (Wildman–Crippen LogP) is 1.44. The van der Waals surface area contributed by atoms with Crippen LogP contribution in [0.15, 0.2) is 61.6 Å². The summed E-state index contributed by atoms with van der Waals surface area (Å²) in [5, 5.41) is 6.93. The van der Waals surface area contributed by atoms with Crippen molar-refractivity contribution in [3.8, 4) is 5.82 Å². The molecule has 0 saturated heterocycles. The van der Waals surface area contributed by atoms with Crippen molar-refractivity contribution in [3.05, 3.63) is 67.1 Å². The lowest BCUT2D eigenvalue weighted by Crippen LogP contribution is -2.27. The first-order valence-electron chi connectivity index (χ1n) is 7.80. The molecule has 3 aromatic heterocycles. The molecule has 0 fully saturated rings. The molecule has 0 aliphatic rings. The van der Waals surface area contributed by atoms with Gasteiger partial charge >= 0.3 is 0 Å². The molecule has 8 nitrogen and oxygen atoms in total. The first kappa shape index (κ1) is 15.0. The standard InChI is InChI=1S/C17H15N7O/c25-17(13-5-6-19-16(9-13)24-11-18-10-22-24)20-7-8-23-12-21-14-3-1-2-4-15(14)23/h1-6,9-12H,7-8H2,(H,20,25). The van der Waals surface area contributed by atoms with Crippen LogP contribution in [-0.2, 0) is 6.54 Å². The van der Waals surface area contributed by atoms with Crippen LogP contribution >= 0.6 is 0 Å². The molecule has 0 aliphatic carbocycles. The van der Waals surface area contributed by atoms with Crippen LogP contribution in [0.1, 0.15) is 10.4 Å². The smallest absolute Gasteiger partial charge is 0.251 e. The van der Waals surface area contributed by atoms with E-state index in [1.54, 1.807) is 24.7 Å². The van der Waals surface area contributed by atoms with Crippen molar-refractivity contribution in [1.82, 2.24) is 34.6 Å². The van der Waals surface area contributed by atoms with Gasteiger partial charge in [0.05, 0.1) is 17.4 Å². The van der Waals surface area contributed by atoms with E-state index >= 15 is 0 Å². The number of carbonyl (C=O) groups excluding carboxylic acids is 1. The van der Waals surface area contributed by atoms with Crippen molar-refractivity contribution in [2.75, 3.05) is 6.54 Å². The van der Waals surface area contributed by atoms with Crippen molar-refractivity contribution in [1.29, 1.82) is 0 Å². The highest BCUT2D eigenvalue weighted by Gasteiger charge is 2.08. The third-order valence-corrected chi connectivity index (χ3v) is 3.83. The van der Waals surface area contributed by atoms with Crippen LogP contribution in [0.3, 0.4) is 0 Å². The zero-order valence-electron chi connectivity index (χ0n) is 13.3. The maximum Gasteiger partial charge on any atom is 0.251 e. The number of hydrogen-bond donors (Lipinski definition) is 1. The van der Waals surface area contributed by atoms with E-state index in [0.29, 0.717) is 24.5 Å². The number of rotatable bonds is 5. The van der Waals surface area contributed by atoms with Crippen LogP contribution in [0.25, 0.3) is 16.9 Å². The van der Waals surface area contributed by atoms with Crippen molar-refractivity contribution in [3.63, 3.8) is 0 Å². The lowest BCUT2D eigenvalue weighted by atomic mass is 10.2. The fourth-order valence-corrected chi connectivity index (χ4v) is 2.59. The minimum absolute atomic E-state index is 0.159. The Bertz CT molecular complexity index is 1010. The zero-order chi connectivity index (χ0) is 17.1. The second kappa shape index (κ2) is 6.52. The van der Waals surface area contributed by atoms with Crippen molar-refractivity contribution in [2.24, 2.45) is 0 Å². The number of fused-ring (bicyclic) bond motifs is 1. The van der Waals surface area contributed by atoms with Crippen molar-refractivity contribution in [2.45, 2.75) is 6.54 Å². The number of pyridine rings is 1. The van der Waals surface area contributed by atoms with E-state index in [1.165, 1.54) is 17.3 Å². The van der Waals surface area contributed by atoms with Gasteiger partial charge in [-0.15, -0.1) is 0 Å². The molecule has 1 N–H and O–H groups in total. The van der Waals surface area contributed by atoms with Crippen LogP contribution in [0.4, 0.5) is 0 Å². The second-order valence-electron chi connectivity index (χ2n) is 5.43. The number of nitrogens with one attached hydrogen (secondary N) is 1. The largest absolute Gasteiger partial charge is 0.350 e. The Morgan fingerprint density at radius 1 is 1.12 bits per heavy atom. The summed E-state index contributed by atoms with van der Waals surface area (Å²) in [6.07, 6.45) is 6.32. The monoisotopic (exact) mass is 333 g/mol. The molecule has 0 radical (unpaired) electrons. The molecule has 0 unspecified atom stereocenters. The summed E-state index contributed by atoms with van der Waals surface area (Å²) >= 11 is 0. The minimum Gasteiger partial charge on any atom is -0.350 e. The molecule has 4 rings (SSSR count). The predicted molar refractivity (Wildman–Crippen MR) is 91.2 cm³/mol. The third kappa shape index (κ3) is 3.09. The highest BCUT2D eigenvalue weighted by atomic mass is 16.1. The Morgan fingerprint density at radius 3 is 2.92 bits per heavy atom. The molecule has 8 heteroatoms. The summed E-state index contributed by atoms with van der Waals surface area (Å²) in [6, 6.07) is 11.3. The summed E-state index contributed by atoms with van der Waals surface area (Å²) < 4.78 is 3.53. The van der Waals surface area contributed by atoms with Gasteiger partial charge in [0.2, 0.25) is 0 Å². The lowest BCUT2D eigenvalue weighted by Gasteiger charge is -2.08. The Hall–Kier alpha value is -3.55. The van der Waals surface area contributed by atoms with E-state index in [1.807, 2.05) is 28.8 Å². The van der Waals surface area contributed by atoms with Crippen molar-refractivity contribution >= 4 is 16.9 Å². The highest BCUT2D eigenvalue weighted by molar-refractivity contribution is 5.94. The maximum atomic E-state index is 12.3. The minimum atomic E-state index is -0.159. The van der Waals surface area contributed by atoms with Crippen LogP contribution < -0.4 is 5.32 Å². The van der Waals surface area contributed by atoms with Gasteiger partial charge in [0.25, 0.3) is 5.91 Å². The summed E-state index contributed by atoms with van der Waals surface area (Å²) in [7, 11) is 0. The highest BCUT2D eigenvalue weighted by Crippen LogP contribution is 2.11. The quantitative estimate of drug-likeness (QED) is 0.597. The van der Waals surface area contributed by atoms with Crippen molar-refractivity contribution < 1.29 is 4.79 Å². The van der Waals surface area contributed by atoms with E-state index < -0.39 is 0 Å². The normalized spacial score (nSPS) is 10.9. The summed E-state index contributed by atoms with van der Waals surface area (Å²) in [4.78, 5) is 24.8. The average molecular weight is 333 g/mol. The number of imidazole rings is 1.